The molecule has 2 heterocycles. The number of aldehydes is 1. The number of aliphatic imine (C=N–C) groups is 2. The molecule has 53 heavy (non-hydrogen) atoms. The number of nitrogens with zero attached hydrogens (tertiary/aromatic N) is 6. The van der Waals surface area contributed by atoms with Gasteiger partial charge in [0.1, 0.15) is 23.0 Å². The SMILES string of the molecule is C=Nc1cc(F)c(-n2c(=O)cc(C(F)(F)F)n(C)c2=O)cc1C(OC)OC.C=Nc1cc(F)c(-n2c(=O)cc(C(F)(F)F)n(C)c2=O)cc1C=O.CO. The minimum atomic E-state index is -4.94. The molecule has 0 aliphatic heterocycles. The molecule has 0 aliphatic carbocycles. The second-order valence-electron chi connectivity index (χ2n) is 10.0. The van der Waals surface area contributed by atoms with Crippen LogP contribution in [0, 0.1) is 11.6 Å². The molecule has 0 saturated heterocycles. The number of halogens is 8. The Kier molecular flexibility index (Phi) is 14.0. The second-order valence-corrected chi connectivity index (χ2v) is 10.0. The van der Waals surface area contributed by atoms with E-state index in [1.165, 1.54) is 14.2 Å². The van der Waals surface area contributed by atoms with Gasteiger partial charge in [0.25, 0.3) is 11.1 Å². The van der Waals surface area contributed by atoms with E-state index in [9.17, 15) is 59.1 Å². The zero-order chi connectivity index (χ0) is 40.7. The Hall–Kier alpha value is -5.87. The molecule has 0 atom stereocenters. The lowest BCUT2D eigenvalue weighted by Gasteiger charge is -2.18. The molecule has 0 unspecified atom stereocenters. The molecule has 1 N–H and O–H groups in total. The van der Waals surface area contributed by atoms with E-state index in [1.54, 1.807) is 0 Å². The van der Waals surface area contributed by atoms with Gasteiger partial charge in [-0.1, -0.05) is 0 Å². The third kappa shape index (κ3) is 8.96. The van der Waals surface area contributed by atoms with E-state index in [1.807, 2.05) is 0 Å². The molecule has 4 rings (SSSR count). The maximum atomic E-state index is 14.5. The van der Waals surface area contributed by atoms with Crippen LogP contribution in [0.1, 0.15) is 33.6 Å². The van der Waals surface area contributed by atoms with Gasteiger partial charge in [0.15, 0.2) is 12.6 Å². The van der Waals surface area contributed by atoms with Gasteiger partial charge in [-0.05, 0) is 25.6 Å². The zero-order valence-corrected chi connectivity index (χ0v) is 28.0. The smallest absolute Gasteiger partial charge is 0.400 e. The maximum Gasteiger partial charge on any atom is 0.431 e. The quantitative estimate of drug-likeness (QED) is 0.123. The Morgan fingerprint density at radius 2 is 1.08 bits per heavy atom. The van der Waals surface area contributed by atoms with Gasteiger partial charge < -0.3 is 14.6 Å². The first kappa shape index (κ1) is 43.3. The van der Waals surface area contributed by atoms with Gasteiger partial charge in [0.05, 0.1) is 22.7 Å². The average molecular weight is 765 g/mol. The van der Waals surface area contributed by atoms with Crippen LogP contribution < -0.4 is 22.5 Å². The van der Waals surface area contributed by atoms with Crippen LogP contribution in [0.5, 0.6) is 0 Å². The lowest BCUT2D eigenvalue weighted by molar-refractivity contribution is -0.144. The van der Waals surface area contributed by atoms with E-state index >= 15 is 0 Å². The first-order chi connectivity index (χ1) is 24.7. The number of aliphatic hydroxyl groups excluding tert-OH is 1. The predicted molar refractivity (Wildman–Crippen MR) is 173 cm³/mol. The van der Waals surface area contributed by atoms with E-state index in [0.29, 0.717) is 0 Å². The van der Waals surface area contributed by atoms with Crippen LogP contribution in [0.25, 0.3) is 11.4 Å². The van der Waals surface area contributed by atoms with Crippen molar-refractivity contribution in [3.63, 3.8) is 0 Å². The van der Waals surface area contributed by atoms with E-state index in [-0.39, 0.29) is 59.2 Å². The Labute approximate surface area is 291 Å². The molecule has 0 spiro atoms. The predicted octanol–water partition coefficient (Wildman–Crippen LogP) is 3.76. The van der Waals surface area contributed by atoms with Crippen LogP contribution in [0.4, 0.5) is 46.5 Å². The number of alkyl halides is 6. The van der Waals surface area contributed by atoms with Crippen LogP contribution in [-0.2, 0) is 35.9 Å². The maximum absolute atomic E-state index is 14.5. The number of ether oxygens (including phenoxy) is 2. The number of benzene rings is 2. The lowest BCUT2D eigenvalue weighted by atomic mass is 10.1. The van der Waals surface area contributed by atoms with Gasteiger partial charge >= 0.3 is 23.7 Å². The van der Waals surface area contributed by atoms with Crippen molar-refractivity contribution in [2.24, 2.45) is 24.1 Å². The van der Waals surface area contributed by atoms with E-state index in [4.69, 9.17) is 14.6 Å². The van der Waals surface area contributed by atoms with Gasteiger partial charge in [-0.3, -0.25) is 33.5 Å². The summed E-state index contributed by atoms with van der Waals surface area (Å²) in [7, 11) is 5.19. The summed E-state index contributed by atoms with van der Waals surface area (Å²) < 4.78 is 117. The van der Waals surface area contributed by atoms with Crippen LogP contribution in [0.15, 0.2) is 65.6 Å². The van der Waals surface area contributed by atoms with Crippen molar-refractivity contribution < 1.29 is 54.5 Å². The summed E-state index contributed by atoms with van der Waals surface area (Å²) >= 11 is 0. The normalized spacial score (nSPS) is 11.3. The standard InChI is InChI=1S/C16H15F4N3O4.C14H9F4N3O3.CH4O/c1-21-10-6-9(17)11(5-8(10)14(26-3)27-4)23-13(24)7-12(16(18,19)20)22(2)15(23)25;1-19-9-4-8(15)10(3-7(9)6-22)21-12(23)5-11(14(16,17)18)20(2)13(21)24;1-2/h5-7,14H,1H2,2-4H3;3-6H,1H2,2H3;2H,1H3. The first-order valence-corrected chi connectivity index (χ1v) is 14.1. The number of rotatable bonds is 8. The van der Waals surface area contributed by atoms with Crippen molar-refractivity contribution >= 4 is 31.1 Å². The summed E-state index contributed by atoms with van der Waals surface area (Å²) in [5, 5.41) is 7.00. The number of carbonyl (C=O) groups is 1. The minimum Gasteiger partial charge on any atom is -0.400 e. The van der Waals surface area contributed by atoms with Crippen LogP contribution >= 0.6 is 0 Å². The van der Waals surface area contributed by atoms with Crippen molar-refractivity contribution in [2.45, 2.75) is 18.6 Å². The van der Waals surface area contributed by atoms with E-state index in [0.717, 1.165) is 45.5 Å². The molecule has 0 aliphatic rings. The molecular formula is C31H28F8N6O8. The molecule has 0 fully saturated rings. The molecule has 4 aromatic rings. The number of hydrogen-bond donors (Lipinski definition) is 1. The highest BCUT2D eigenvalue weighted by Crippen LogP contribution is 2.32. The van der Waals surface area contributed by atoms with E-state index in [2.05, 4.69) is 23.4 Å². The summed E-state index contributed by atoms with van der Waals surface area (Å²) in [5.41, 5.74) is -9.86. The number of aliphatic hydroxyl groups is 1. The van der Waals surface area contributed by atoms with Crippen molar-refractivity contribution in [3.05, 3.63) is 112 Å². The number of hydrogen-bond acceptors (Lipinski definition) is 10. The van der Waals surface area contributed by atoms with Gasteiger partial charge in [0, 0.05) is 70.8 Å². The highest BCUT2D eigenvalue weighted by atomic mass is 19.4. The summed E-state index contributed by atoms with van der Waals surface area (Å²) in [6.07, 6.45) is -10.6. The second kappa shape index (κ2) is 17.1. The highest BCUT2D eigenvalue weighted by Gasteiger charge is 2.36. The molecule has 0 bridgehead atoms. The monoisotopic (exact) mass is 764 g/mol. The fourth-order valence-electron chi connectivity index (χ4n) is 4.62. The van der Waals surface area contributed by atoms with Crippen LogP contribution in [0.2, 0.25) is 0 Å². The third-order valence-electron chi connectivity index (χ3n) is 7.04. The van der Waals surface area contributed by atoms with Gasteiger partial charge in [-0.25, -0.2) is 27.5 Å². The topological polar surface area (TPSA) is 168 Å². The van der Waals surface area contributed by atoms with Crippen LogP contribution in [0.3, 0.4) is 0 Å². The molecule has 14 nitrogen and oxygen atoms in total. The Morgan fingerprint density at radius 1 is 0.698 bits per heavy atom. The lowest BCUT2D eigenvalue weighted by Crippen LogP contribution is -2.41. The molecule has 0 saturated carbocycles. The summed E-state index contributed by atoms with van der Waals surface area (Å²) in [6.45, 7) is 6.42. The number of carbonyl (C=O) groups excluding carboxylic acids is 1. The molecule has 0 radical (unpaired) electrons. The molecule has 2 aromatic carbocycles. The number of aromatic nitrogens is 4. The summed E-state index contributed by atoms with van der Waals surface area (Å²) in [6, 6.07) is 3.86. The molecule has 286 valence electrons. The third-order valence-corrected chi connectivity index (χ3v) is 7.04. The zero-order valence-electron chi connectivity index (χ0n) is 28.0. The Bertz CT molecular complexity index is 2270. The molecule has 22 heteroatoms. The average Bonchev–Trinajstić information content (AvgIpc) is 3.10. The fraction of sp³-hybridized carbons (Fsp3) is 0.258. The van der Waals surface area contributed by atoms with Crippen molar-refractivity contribution in [1.29, 1.82) is 0 Å². The summed E-state index contributed by atoms with van der Waals surface area (Å²) in [4.78, 5) is 66.5. The highest BCUT2D eigenvalue weighted by molar-refractivity contribution is 5.84. The van der Waals surface area contributed by atoms with Gasteiger partial charge in [-0.2, -0.15) is 26.3 Å². The Morgan fingerprint density at radius 3 is 1.42 bits per heavy atom. The van der Waals surface area contributed by atoms with Gasteiger partial charge in [0.2, 0.25) is 0 Å². The summed E-state index contributed by atoms with van der Waals surface area (Å²) in [5.74, 6) is -2.19. The van der Waals surface area contributed by atoms with Crippen LogP contribution in [-0.4, -0.2) is 64.4 Å². The minimum absolute atomic E-state index is 0.0155. The van der Waals surface area contributed by atoms with Gasteiger partial charge in [-0.15, -0.1) is 0 Å². The fourth-order valence-corrected chi connectivity index (χ4v) is 4.62. The molecular weight excluding hydrogens is 736 g/mol. The van der Waals surface area contributed by atoms with E-state index < -0.39 is 75.5 Å². The van der Waals surface area contributed by atoms with Crippen molar-refractivity contribution in [3.8, 4) is 11.4 Å². The largest absolute Gasteiger partial charge is 0.431 e. The first-order valence-electron chi connectivity index (χ1n) is 14.1. The Balaban J connectivity index is 0.000000353. The molecule has 0 amide bonds. The van der Waals surface area contributed by atoms with Crippen molar-refractivity contribution in [2.75, 3.05) is 21.3 Å². The molecule has 2 aromatic heterocycles. The van der Waals surface area contributed by atoms with Crippen molar-refractivity contribution in [1.82, 2.24) is 18.3 Å². The number of methoxy groups -OCH3 is 2.